The van der Waals surface area contributed by atoms with Crippen molar-refractivity contribution in [1.82, 2.24) is 0 Å². The van der Waals surface area contributed by atoms with Crippen molar-refractivity contribution in [3.05, 3.63) is 53.6 Å². The summed E-state index contributed by atoms with van der Waals surface area (Å²) in [6, 6.07) is 12.7. The van der Waals surface area contributed by atoms with Gasteiger partial charge in [-0.05, 0) is 24.3 Å². The van der Waals surface area contributed by atoms with Gasteiger partial charge in [0.05, 0.1) is 12.7 Å². The first kappa shape index (κ1) is 14.7. The fourth-order valence-electron chi connectivity index (χ4n) is 2.15. The van der Waals surface area contributed by atoms with Gasteiger partial charge >= 0.3 is 5.97 Å². The van der Waals surface area contributed by atoms with Crippen molar-refractivity contribution >= 4 is 17.3 Å². The van der Waals surface area contributed by atoms with Gasteiger partial charge in [0.25, 0.3) is 0 Å². The van der Waals surface area contributed by atoms with E-state index in [9.17, 15) is 4.79 Å². The predicted molar refractivity (Wildman–Crippen MR) is 82.9 cm³/mol. The van der Waals surface area contributed by atoms with E-state index in [1.165, 1.54) is 0 Å². The fraction of sp³-hybridized carbons (Fsp3) is 0.188. The van der Waals surface area contributed by atoms with Crippen LogP contribution in [-0.2, 0) is 6.54 Å². The maximum Gasteiger partial charge on any atom is 0.337 e. The average molecular weight is 286 g/mol. The number of hydrogen-bond acceptors (Lipinski definition) is 4. The molecule has 21 heavy (non-hydrogen) atoms. The summed E-state index contributed by atoms with van der Waals surface area (Å²) in [7, 11) is 3.52. The summed E-state index contributed by atoms with van der Waals surface area (Å²) in [5.41, 5.74) is 7.85. The molecule has 0 aliphatic rings. The monoisotopic (exact) mass is 286 g/mol. The Balaban J connectivity index is 2.26. The molecule has 0 bridgehead atoms. The highest BCUT2D eigenvalue weighted by Crippen LogP contribution is 2.24. The van der Waals surface area contributed by atoms with Crippen molar-refractivity contribution in [1.29, 1.82) is 0 Å². The Morgan fingerprint density at radius 3 is 2.67 bits per heavy atom. The number of carbonyl (C=O) groups is 1. The highest BCUT2D eigenvalue weighted by atomic mass is 16.5. The maximum atomic E-state index is 11.1. The van der Waals surface area contributed by atoms with Gasteiger partial charge in [-0.25, -0.2) is 4.79 Å². The average Bonchev–Trinajstić information content (AvgIpc) is 2.47. The second kappa shape index (κ2) is 6.17. The number of methoxy groups -OCH3 is 1. The molecule has 2 rings (SSSR count). The number of nitrogens with two attached hydrogens (primary N) is 1. The van der Waals surface area contributed by atoms with Crippen LogP contribution in [0.2, 0.25) is 0 Å². The van der Waals surface area contributed by atoms with Gasteiger partial charge in [0, 0.05) is 30.5 Å². The van der Waals surface area contributed by atoms with Gasteiger partial charge in [-0.15, -0.1) is 0 Å². The van der Waals surface area contributed by atoms with Crippen LogP contribution in [0.5, 0.6) is 5.75 Å². The Morgan fingerprint density at radius 2 is 2.00 bits per heavy atom. The van der Waals surface area contributed by atoms with Gasteiger partial charge in [-0.1, -0.05) is 18.2 Å². The third kappa shape index (κ3) is 3.25. The largest absolute Gasteiger partial charge is 0.496 e. The van der Waals surface area contributed by atoms with Crippen LogP contribution >= 0.6 is 0 Å². The van der Waals surface area contributed by atoms with E-state index in [4.69, 9.17) is 15.6 Å². The lowest BCUT2D eigenvalue weighted by molar-refractivity contribution is 0.0698. The Hall–Kier alpha value is -2.69. The van der Waals surface area contributed by atoms with E-state index in [1.807, 2.05) is 36.2 Å². The topological polar surface area (TPSA) is 75.8 Å². The quantitative estimate of drug-likeness (QED) is 0.826. The second-order valence-electron chi connectivity index (χ2n) is 4.74. The van der Waals surface area contributed by atoms with Crippen LogP contribution in [0.1, 0.15) is 15.9 Å². The van der Waals surface area contributed by atoms with Crippen LogP contribution in [0, 0.1) is 0 Å². The van der Waals surface area contributed by atoms with Crippen molar-refractivity contribution in [3.63, 3.8) is 0 Å². The first-order valence-electron chi connectivity index (χ1n) is 6.48. The van der Waals surface area contributed by atoms with Crippen molar-refractivity contribution in [2.45, 2.75) is 6.54 Å². The molecule has 2 aromatic carbocycles. The molecule has 0 amide bonds. The molecule has 0 saturated carbocycles. The van der Waals surface area contributed by atoms with Crippen LogP contribution in [0.25, 0.3) is 0 Å². The molecule has 0 radical (unpaired) electrons. The van der Waals surface area contributed by atoms with Crippen molar-refractivity contribution in [2.75, 3.05) is 24.8 Å². The number of anilines is 2. The minimum atomic E-state index is -1.03. The Labute approximate surface area is 123 Å². The molecule has 0 aromatic heterocycles. The standard InChI is InChI=1S/C16H18N2O3/c1-18(10-11-5-3-4-6-15(11)21-2)12-7-8-14(17)13(9-12)16(19)20/h3-9H,10,17H2,1-2H3,(H,19,20). The number of carboxylic acid groups (broad SMARTS) is 1. The van der Waals surface area contributed by atoms with Gasteiger partial charge in [0.1, 0.15) is 5.75 Å². The molecular formula is C16H18N2O3. The van der Waals surface area contributed by atoms with Crippen molar-refractivity contribution < 1.29 is 14.6 Å². The molecule has 0 aliphatic heterocycles. The smallest absolute Gasteiger partial charge is 0.337 e. The lowest BCUT2D eigenvalue weighted by atomic mass is 10.1. The van der Waals surface area contributed by atoms with Crippen LogP contribution in [0.15, 0.2) is 42.5 Å². The minimum absolute atomic E-state index is 0.111. The third-order valence-electron chi connectivity index (χ3n) is 3.31. The van der Waals surface area contributed by atoms with Gasteiger partial charge in [-0.3, -0.25) is 0 Å². The van der Waals surface area contributed by atoms with Crippen LogP contribution < -0.4 is 15.4 Å². The summed E-state index contributed by atoms with van der Waals surface area (Å²) in [5, 5.41) is 9.13. The van der Waals surface area contributed by atoms with Crippen molar-refractivity contribution in [3.8, 4) is 5.75 Å². The second-order valence-corrected chi connectivity index (χ2v) is 4.74. The summed E-state index contributed by atoms with van der Waals surface area (Å²) >= 11 is 0. The number of nitrogen functional groups attached to an aromatic ring is 1. The summed E-state index contributed by atoms with van der Waals surface area (Å²) in [6.07, 6.45) is 0. The lowest BCUT2D eigenvalue weighted by Gasteiger charge is -2.21. The van der Waals surface area contributed by atoms with E-state index in [1.54, 1.807) is 25.3 Å². The summed E-state index contributed by atoms with van der Waals surface area (Å²) in [5.74, 6) is -0.224. The summed E-state index contributed by atoms with van der Waals surface area (Å²) in [6.45, 7) is 0.604. The Morgan fingerprint density at radius 1 is 1.29 bits per heavy atom. The van der Waals surface area contributed by atoms with E-state index in [0.717, 1.165) is 17.0 Å². The molecule has 0 aliphatic carbocycles. The minimum Gasteiger partial charge on any atom is -0.496 e. The summed E-state index contributed by atoms with van der Waals surface area (Å²) < 4.78 is 5.32. The zero-order chi connectivity index (χ0) is 15.4. The number of para-hydroxylation sites is 1. The summed E-state index contributed by atoms with van der Waals surface area (Å²) in [4.78, 5) is 13.1. The van der Waals surface area contributed by atoms with E-state index in [2.05, 4.69) is 0 Å². The molecular weight excluding hydrogens is 268 g/mol. The van der Waals surface area contributed by atoms with E-state index >= 15 is 0 Å². The van der Waals surface area contributed by atoms with Crippen molar-refractivity contribution in [2.24, 2.45) is 0 Å². The molecule has 0 unspecified atom stereocenters. The first-order chi connectivity index (χ1) is 10.0. The number of carboxylic acids is 1. The third-order valence-corrected chi connectivity index (χ3v) is 3.31. The van der Waals surface area contributed by atoms with Gasteiger partial charge < -0.3 is 20.5 Å². The maximum absolute atomic E-state index is 11.1. The number of benzene rings is 2. The number of aromatic carboxylic acids is 1. The Bertz CT molecular complexity index is 656. The highest BCUT2D eigenvalue weighted by Gasteiger charge is 2.12. The van der Waals surface area contributed by atoms with Gasteiger partial charge in [-0.2, -0.15) is 0 Å². The molecule has 0 heterocycles. The zero-order valence-electron chi connectivity index (χ0n) is 12.0. The normalized spacial score (nSPS) is 10.2. The highest BCUT2D eigenvalue weighted by molar-refractivity contribution is 5.94. The zero-order valence-corrected chi connectivity index (χ0v) is 12.0. The molecule has 5 heteroatoms. The van der Waals surface area contributed by atoms with Crippen LogP contribution in [-0.4, -0.2) is 25.2 Å². The number of rotatable bonds is 5. The van der Waals surface area contributed by atoms with Crippen LogP contribution in [0.4, 0.5) is 11.4 Å². The molecule has 0 fully saturated rings. The number of ether oxygens (including phenoxy) is 1. The number of hydrogen-bond donors (Lipinski definition) is 2. The molecule has 110 valence electrons. The Kier molecular flexibility index (Phi) is 4.33. The molecule has 3 N–H and O–H groups in total. The molecule has 0 atom stereocenters. The fourth-order valence-corrected chi connectivity index (χ4v) is 2.15. The molecule has 5 nitrogen and oxygen atoms in total. The van der Waals surface area contributed by atoms with E-state index in [-0.39, 0.29) is 11.3 Å². The SMILES string of the molecule is COc1ccccc1CN(C)c1ccc(N)c(C(=O)O)c1. The first-order valence-corrected chi connectivity index (χ1v) is 6.48. The predicted octanol–water partition coefficient (Wildman–Crippen LogP) is 2.61. The van der Waals surface area contributed by atoms with E-state index in [0.29, 0.717) is 6.54 Å². The van der Waals surface area contributed by atoms with Gasteiger partial charge in [0.2, 0.25) is 0 Å². The molecule has 0 spiro atoms. The van der Waals surface area contributed by atoms with Gasteiger partial charge in [0.15, 0.2) is 0 Å². The van der Waals surface area contributed by atoms with Crippen LogP contribution in [0.3, 0.4) is 0 Å². The lowest BCUT2D eigenvalue weighted by Crippen LogP contribution is -2.17. The van der Waals surface area contributed by atoms with E-state index < -0.39 is 5.97 Å². The molecule has 0 saturated heterocycles. The molecule has 2 aromatic rings. The number of nitrogens with zero attached hydrogens (tertiary/aromatic N) is 1.